The number of carbonyl (C=O) groups excluding carboxylic acids is 1. The minimum absolute atomic E-state index is 0.449. The smallest absolute Gasteiger partial charge is 0.265 e. The Morgan fingerprint density at radius 3 is 2.60 bits per heavy atom. The molecule has 0 saturated carbocycles. The summed E-state index contributed by atoms with van der Waals surface area (Å²) in [5, 5.41) is 3.20. The SMILES string of the molecule is [C-]#[N+]c1ccc2cc(C(N)=O)n(Cc3cccc4ccccc34)c2c1. The molecule has 0 spiro atoms. The summed E-state index contributed by atoms with van der Waals surface area (Å²) in [7, 11) is 0. The molecule has 4 rings (SSSR count). The maximum Gasteiger partial charge on any atom is 0.265 e. The van der Waals surface area contributed by atoms with E-state index in [2.05, 4.69) is 29.1 Å². The Balaban J connectivity index is 1.94. The molecule has 1 amide bonds. The number of primary amides is 1. The Hall–Kier alpha value is -3.58. The lowest BCUT2D eigenvalue weighted by molar-refractivity contribution is 0.0992. The van der Waals surface area contributed by atoms with Crippen LogP contribution in [0, 0.1) is 6.57 Å². The third-order valence-corrected chi connectivity index (χ3v) is 4.48. The van der Waals surface area contributed by atoms with Gasteiger partial charge in [0.05, 0.1) is 6.57 Å². The van der Waals surface area contributed by atoms with E-state index < -0.39 is 5.91 Å². The maximum absolute atomic E-state index is 11.9. The average molecular weight is 325 g/mol. The lowest BCUT2D eigenvalue weighted by Crippen LogP contribution is -2.17. The minimum Gasteiger partial charge on any atom is -0.364 e. The van der Waals surface area contributed by atoms with Crippen LogP contribution in [0.3, 0.4) is 0 Å². The minimum atomic E-state index is -0.471. The summed E-state index contributed by atoms with van der Waals surface area (Å²) in [5.74, 6) is -0.471. The molecular formula is C21H15N3O. The molecule has 0 atom stereocenters. The van der Waals surface area contributed by atoms with E-state index in [0.29, 0.717) is 17.9 Å². The topological polar surface area (TPSA) is 52.4 Å². The maximum atomic E-state index is 11.9. The summed E-state index contributed by atoms with van der Waals surface area (Å²) in [5.41, 5.74) is 8.53. The molecule has 1 aromatic heterocycles. The summed E-state index contributed by atoms with van der Waals surface area (Å²) in [4.78, 5) is 15.4. The van der Waals surface area contributed by atoms with Gasteiger partial charge in [-0.25, -0.2) is 4.85 Å². The van der Waals surface area contributed by atoms with Crippen LogP contribution >= 0.6 is 0 Å². The highest BCUT2D eigenvalue weighted by molar-refractivity contribution is 5.98. The third-order valence-electron chi connectivity index (χ3n) is 4.48. The van der Waals surface area contributed by atoms with Crippen LogP contribution in [0.25, 0.3) is 26.5 Å². The molecular weight excluding hydrogens is 310 g/mol. The number of fused-ring (bicyclic) bond motifs is 2. The van der Waals surface area contributed by atoms with Crippen molar-refractivity contribution in [3.05, 3.63) is 89.4 Å². The highest BCUT2D eigenvalue weighted by atomic mass is 16.1. The summed E-state index contributed by atoms with van der Waals surface area (Å²) in [6.07, 6.45) is 0. The number of hydrogen-bond donors (Lipinski definition) is 1. The first-order valence-electron chi connectivity index (χ1n) is 7.94. The molecule has 4 nitrogen and oxygen atoms in total. The van der Waals surface area contributed by atoms with Crippen molar-refractivity contribution in [3.63, 3.8) is 0 Å². The first-order valence-corrected chi connectivity index (χ1v) is 7.94. The quantitative estimate of drug-likeness (QED) is 0.554. The van der Waals surface area contributed by atoms with Crippen molar-refractivity contribution in [2.75, 3.05) is 0 Å². The molecule has 0 saturated heterocycles. The molecule has 0 bridgehead atoms. The van der Waals surface area contributed by atoms with E-state index >= 15 is 0 Å². The van der Waals surface area contributed by atoms with Gasteiger partial charge in [-0.2, -0.15) is 0 Å². The van der Waals surface area contributed by atoms with Gasteiger partial charge >= 0.3 is 0 Å². The molecule has 0 fully saturated rings. The first kappa shape index (κ1) is 15.0. The molecule has 0 radical (unpaired) electrons. The van der Waals surface area contributed by atoms with Gasteiger partial charge < -0.3 is 10.3 Å². The highest BCUT2D eigenvalue weighted by Crippen LogP contribution is 2.27. The number of rotatable bonds is 3. The zero-order valence-corrected chi connectivity index (χ0v) is 13.4. The average Bonchev–Trinajstić information content (AvgIpc) is 3.00. The van der Waals surface area contributed by atoms with Crippen molar-refractivity contribution in [2.24, 2.45) is 5.73 Å². The summed E-state index contributed by atoms with van der Waals surface area (Å²) in [6.45, 7) is 7.75. The molecule has 4 aromatic rings. The van der Waals surface area contributed by atoms with E-state index in [0.717, 1.165) is 27.2 Å². The van der Waals surface area contributed by atoms with E-state index in [4.69, 9.17) is 12.3 Å². The number of nitrogens with two attached hydrogens (primary N) is 1. The molecule has 25 heavy (non-hydrogen) atoms. The molecule has 0 aliphatic heterocycles. The van der Waals surface area contributed by atoms with Crippen LogP contribution in [-0.2, 0) is 6.54 Å². The third kappa shape index (κ3) is 2.52. The normalized spacial score (nSPS) is 10.8. The van der Waals surface area contributed by atoms with E-state index in [9.17, 15) is 4.79 Å². The van der Waals surface area contributed by atoms with E-state index in [1.165, 1.54) is 0 Å². The second-order valence-electron chi connectivity index (χ2n) is 5.97. The van der Waals surface area contributed by atoms with Gasteiger partial charge in [0.25, 0.3) is 5.91 Å². The number of carbonyl (C=O) groups is 1. The Morgan fingerprint density at radius 1 is 1.00 bits per heavy atom. The van der Waals surface area contributed by atoms with Crippen molar-refractivity contribution in [1.29, 1.82) is 0 Å². The van der Waals surface area contributed by atoms with Crippen LogP contribution in [0.2, 0.25) is 0 Å². The summed E-state index contributed by atoms with van der Waals surface area (Å²) < 4.78 is 1.90. The van der Waals surface area contributed by atoms with Gasteiger partial charge in [-0.3, -0.25) is 4.79 Å². The Labute approximate surface area is 144 Å². The van der Waals surface area contributed by atoms with Crippen LogP contribution in [0.4, 0.5) is 5.69 Å². The Kier molecular flexibility index (Phi) is 3.48. The van der Waals surface area contributed by atoms with Crippen LogP contribution < -0.4 is 5.73 Å². The number of nitrogens with zero attached hydrogens (tertiary/aromatic N) is 2. The second-order valence-corrected chi connectivity index (χ2v) is 5.97. The van der Waals surface area contributed by atoms with E-state index in [-0.39, 0.29) is 0 Å². The molecule has 4 heteroatoms. The standard InChI is InChI=1S/C21H15N3O/c1-23-17-10-9-15-11-20(21(22)25)24(19(15)12-17)13-16-7-4-6-14-5-2-3-8-18(14)16/h2-12H,13H2,(H2,22,25). The number of amides is 1. The second kappa shape index (κ2) is 5.81. The molecule has 1 heterocycles. The monoisotopic (exact) mass is 325 g/mol. The number of aromatic nitrogens is 1. The zero-order chi connectivity index (χ0) is 17.4. The zero-order valence-electron chi connectivity index (χ0n) is 13.4. The predicted octanol–water partition coefficient (Wildman–Crippen LogP) is 4.49. The molecule has 120 valence electrons. The van der Waals surface area contributed by atoms with Gasteiger partial charge in [0.15, 0.2) is 5.69 Å². The van der Waals surface area contributed by atoms with Gasteiger partial charge in [0.2, 0.25) is 0 Å². The van der Waals surface area contributed by atoms with Gasteiger partial charge in [-0.05, 0) is 33.9 Å². The van der Waals surface area contributed by atoms with Crippen LogP contribution in [0.15, 0.2) is 66.7 Å². The summed E-state index contributed by atoms with van der Waals surface area (Å²) in [6, 6.07) is 21.5. The van der Waals surface area contributed by atoms with Crippen molar-refractivity contribution in [3.8, 4) is 0 Å². The van der Waals surface area contributed by atoms with Crippen molar-refractivity contribution in [1.82, 2.24) is 4.57 Å². The highest BCUT2D eigenvalue weighted by Gasteiger charge is 2.14. The fourth-order valence-corrected chi connectivity index (χ4v) is 3.29. The fourth-order valence-electron chi connectivity index (χ4n) is 3.29. The number of benzene rings is 3. The molecule has 2 N–H and O–H groups in total. The Morgan fingerprint density at radius 2 is 1.80 bits per heavy atom. The fraction of sp³-hybridized carbons (Fsp3) is 0.0476. The van der Waals surface area contributed by atoms with Crippen molar-refractivity contribution in [2.45, 2.75) is 6.54 Å². The predicted molar refractivity (Wildman–Crippen MR) is 99.8 cm³/mol. The Bertz CT molecular complexity index is 1160. The van der Waals surface area contributed by atoms with Crippen LogP contribution in [0.5, 0.6) is 0 Å². The molecule has 0 aliphatic rings. The van der Waals surface area contributed by atoms with Crippen LogP contribution in [0.1, 0.15) is 16.1 Å². The summed E-state index contributed by atoms with van der Waals surface area (Å²) >= 11 is 0. The molecule has 0 unspecified atom stereocenters. The van der Waals surface area contributed by atoms with Gasteiger partial charge in [0, 0.05) is 12.1 Å². The van der Waals surface area contributed by atoms with E-state index in [1.54, 1.807) is 18.2 Å². The first-order chi connectivity index (χ1) is 12.2. The lowest BCUT2D eigenvalue weighted by atomic mass is 10.0. The molecule has 3 aromatic carbocycles. The van der Waals surface area contributed by atoms with Gasteiger partial charge in [0.1, 0.15) is 5.69 Å². The largest absolute Gasteiger partial charge is 0.364 e. The number of hydrogen-bond acceptors (Lipinski definition) is 1. The van der Waals surface area contributed by atoms with Gasteiger partial charge in [-0.15, -0.1) is 0 Å². The van der Waals surface area contributed by atoms with Gasteiger partial charge in [-0.1, -0.05) is 54.6 Å². The van der Waals surface area contributed by atoms with Crippen LogP contribution in [-0.4, -0.2) is 10.5 Å². The van der Waals surface area contributed by atoms with E-state index in [1.807, 2.05) is 28.8 Å². The lowest BCUT2D eigenvalue weighted by Gasteiger charge is -2.12. The molecule has 0 aliphatic carbocycles. The van der Waals surface area contributed by atoms with Crippen molar-refractivity contribution < 1.29 is 4.79 Å². The van der Waals surface area contributed by atoms with Crippen molar-refractivity contribution >= 4 is 33.3 Å².